The van der Waals surface area contributed by atoms with E-state index < -0.39 is 0 Å². The topological polar surface area (TPSA) is 18.5 Å². The van der Waals surface area contributed by atoms with Gasteiger partial charge in [0.2, 0.25) is 0 Å². The molecule has 0 aromatic carbocycles. The third kappa shape index (κ3) is 8.06. The quantitative estimate of drug-likeness (QED) is 0.670. The SMILES string of the molecule is CN(CCNCCC(C)(C)C)CCN1CCCC1. The van der Waals surface area contributed by atoms with Gasteiger partial charge in [0.05, 0.1) is 0 Å². The molecule has 0 spiro atoms. The monoisotopic (exact) mass is 255 g/mol. The zero-order valence-corrected chi connectivity index (χ0v) is 13.0. The van der Waals surface area contributed by atoms with E-state index in [4.69, 9.17) is 0 Å². The van der Waals surface area contributed by atoms with Crippen molar-refractivity contribution >= 4 is 0 Å². The molecule has 0 aromatic heterocycles. The van der Waals surface area contributed by atoms with Gasteiger partial charge in [0.1, 0.15) is 0 Å². The number of rotatable bonds is 8. The van der Waals surface area contributed by atoms with E-state index in [0.29, 0.717) is 5.41 Å². The van der Waals surface area contributed by atoms with Crippen molar-refractivity contribution in [1.29, 1.82) is 0 Å². The third-order valence-corrected chi connectivity index (χ3v) is 3.72. The van der Waals surface area contributed by atoms with Gasteiger partial charge in [-0.25, -0.2) is 0 Å². The molecule has 0 atom stereocenters. The number of likely N-dealkylation sites (N-methyl/N-ethyl adjacent to an activating group) is 1. The average Bonchev–Trinajstić information content (AvgIpc) is 2.77. The highest BCUT2D eigenvalue weighted by Crippen LogP contribution is 2.16. The fourth-order valence-corrected chi connectivity index (χ4v) is 2.29. The van der Waals surface area contributed by atoms with Crippen LogP contribution < -0.4 is 5.32 Å². The largest absolute Gasteiger partial charge is 0.315 e. The van der Waals surface area contributed by atoms with Gasteiger partial charge in [-0.1, -0.05) is 20.8 Å². The molecule has 0 amide bonds. The summed E-state index contributed by atoms with van der Waals surface area (Å²) < 4.78 is 0. The molecule has 1 aliphatic heterocycles. The number of nitrogens with zero attached hydrogens (tertiary/aromatic N) is 2. The number of nitrogens with one attached hydrogen (secondary N) is 1. The smallest absolute Gasteiger partial charge is 0.0109 e. The Labute approximate surface area is 114 Å². The van der Waals surface area contributed by atoms with Crippen LogP contribution in [0.5, 0.6) is 0 Å². The van der Waals surface area contributed by atoms with Crippen molar-refractivity contribution in [2.24, 2.45) is 5.41 Å². The molecule has 0 radical (unpaired) electrons. The van der Waals surface area contributed by atoms with Gasteiger partial charge in [0, 0.05) is 26.2 Å². The zero-order valence-electron chi connectivity index (χ0n) is 13.0. The molecule has 0 saturated carbocycles. The third-order valence-electron chi connectivity index (χ3n) is 3.72. The van der Waals surface area contributed by atoms with Crippen molar-refractivity contribution in [3.8, 4) is 0 Å². The Kier molecular flexibility index (Phi) is 7.20. The first kappa shape index (κ1) is 15.9. The van der Waals surface area contributed by atoms with Crippen molar-refractivity contribution in [2.45, 2.75) is 40.0 Å². The Hall–Kier alpha value is -0.120. The first-order valence-electron chi connectivity index (χ1n) is 7.59. The predicted molar refractivity (Wildman–Crippen MR) is 80.1 cm³/mol. The summed E-state index contributed by atoms with van der Waals surface area (Å²) in [6, 6.07) is 0. The Morgan fingerprint density at radius 1 is 1.06 bits per heavy atom. The average molecular weight is 255 g/mol. The fraction of sp³-hybridized carbons (Fsp3) is 1.00. The molecule has 3 nitrogen and oxygen atoms in total. The van der Waals surface area contributed by atoms with Gasteiger partial charge < -0.3 is 15.1 Å². The molecule has 0 aliphatic carbocycles. The molecule has 0 aromatic rings. The summed E-state index contributed by atoms with van der Waals surface area (Å²) in [5, 5.41) is 3.55. The van der Waals surface area contributed by atoms with Gasteiger partial charge in [-0.2, -0.15) is 0 Å². The van der Waals surface area contributed by atoms with Gasteiger partial charge in [-0.3, -0.25) is 0 Å². The molecule has 0 unspecified atom stereocenters. The highest BCUT2D eigenvalue weighted by molar-refractivity contribution is 4.68. The van der Waals surface area contributed by atoms with Crippen LogP contribution in [0, 0.1) is 5.41 Å². The lowest BCUT2D eigenvalue weighted by Crippen LogP contribution is -2.36. The molecule has 0 bridgehead atoms. The van der Waals surface area contributed by atoms with Crippen molar-refractivity contribution < 1.29 is 0 Å². The van der Waals surface area contributed by atoms with E-state index in [-0.39, 0.29) is 0 Å². The maximum absolute atomic E-state index is 3.55. The van der Waals surface area contributed by atoms with Crippen molar-refractivity contribution in [2.75, 3.05) is 52.9 Å². The molecule has 1 rings (SSSR count). The lowest BCUT2D eigenvalue weighted by atomic mass is 9.92. The number of hydrogen-bond acceptors (Lipinski definition) is 3. The van der Waals surface area contributed by atoms with Crippen molar-refractivity contribution in [1.82, 2.24) is 15.1 Å². The minimum atomic E-state index is 0.453. The summed E-state index contributed by atoms with van der Waals surface area (Å²) in [6.45, 7) is 15.4. The van der Waals surface area contributed by atoms with E-state index in [1.807, 2.05) is 0 Å². The predicted octanol–water partition coefficient (Wildman–Crippen LogP) is 2.04. The van der Waals surface area contributed by atoms with Crippen LogP contribution in [-0.2, 0) is 0 Å². The molecule has 18 heavy (non-hydrogen) atoms. The van der Waals surface area contributed by atoms with Crippen LogP contribution in [0.3, 0.4) is 0 Å². The van der Waals surface area contributed by atoms with E-state index in [1.165, 1.54) is 45.4 Å². The highest BCUT2D eigenvalue weighted by Gasteiger charge is 2.11. The highest BCUT2D eigenvalue weighted by atomic mass is 15.2. The summed E-state index contributed by atoms with van der Waals surface area (Å²) in [5.74, 6) is 0. The van der Waals surface area contributed by atoms with Gasteiger partial charge in [0.15, 0.2) is 0 Å². The lowest BCUT2D eigenvalue weighted by Gasteiger charge is -2.22. The molecular weight excluding hydrogens is 222 g/mol. The van der Waals surface area contributed by atoms with Crippen LogP contribution >= 0.6 is 0 Å². The minimum absolute atomic E-state index is 0.453. The Balaban J connectivity index is 1.91. The first-order chi connectivity index (χ1) is 8.47. The second-order valence-corrected chi connectivity index (χ2v) is 6.91. The van der Waals surface area contributed by atoms with Crippen LogP contribution in [0.2, 0.25) is 0 Å². The minimum Gasteiger partial charge on any atom is -0.315 e. The Morgan fingerprint density at radius 3 is 2.33 bits per heavy atom. The number of hydrogen-bond donors (Lipinski definition) is 1. The normalized spacial score (nSPS) is 17.8. The molecule has 1 heterocycles. The van der Waals surface area contributed by atoms with Crippen molar-refractivity contribution in [3.63, 3.8) is 0 Å². The summed E-state index contributed by atoms with van der Waals surface area (Å²) in [7, 11) is 2.24. The molecule has 1 N–H and O–H groups in total. The molecule has 108 valence electrons. The summed E-state index contributed by atoms with van der Waals surface area (Å²) in [5.41, 5.74) is 0.453. The van der Waals surface area contributed by atoms with Gasteiger partial charge in [0.25, 0.3) is 0 Å². The van der Waals surface area contributed by atoms with Crippen LogP contribution in [0.15, 0.2) is 0 Å². The van der Waals surface area contributed by atoms with Gasteiger partial charge >= 0.3 is 0 Å². The summed E-state index contributed by atoms with van der Waals surface area (Å²) in [6.07, 6.45) is 4.06. The summed E-state index contributed by atoms with van der Waals surface area (Å²) in [4.78, 5) is 5.03. The van der Waals surface area contributed by atoms with Crippen LogP contribution in [-0.4, -0.2) is 62.7 Å². The van der Waals surface area contributed by atoms with E-state index in [9.17, 15) is 0 Å². The van der Waals surface area contributed by atoms with E-state index in [1.54, 1.807) is 0 Å². The summed E-state index contributed by atoms with van der Waals surface area (Å²) >= 11 is 0. The van der Waals surface area contributed by atoms with E-state index in [2.05, 4.69) is 42.9 Å². The lowest BCUT2D eigenvalue weighted by molar-refractivity contribution is 0.255. The maximum Gasteiger partial charge on any atom is 0.0109 e. The molecule has 1 fully saturated rings. The first-order valence-corrected chi connectivity index (χ1v) is 7.59. The fourth-order valence-electron chi connectivity index (χ4n) is 2.29. The van der Waals surface area contributed by atoms with Gasteiger partial charge in [-0.15, -0.1) is 0 Å². The van der Waals surface area contributed by atoms with Crippen LogP contribution in [0.4, 0.5) is 0 Å². The zero-order chi connectivity index (χ0) is 13.4. The van der Waals surface area contributed by atoms with E-state index >= 15 is 0 Å². The molecule has 1 aliphatic rings. The number of likely N-dealkylation sites (tertiary alicyclic amines) is 1. The van der Waals surface area contributed by atoms with Crippen molar-refractivity contribution in [3.05, 3.63) is 0 Å². The van der Waals surface area contributed by atoms with E-state index in [0.717, 1.165) is 19.6 Å². The molecule has 1 saturated heterocycles. The molecule has 3 heteroatoms. The maximum atomic E-state index is 3.55. The second kappa shape index (κ2) is 8.13. The standard InChI is InChI=1S/C15H33N3/c1-15(2,3)7-8-16-9-12-17(4)13-14-18-10-5-6-11-18/h16H,5-14H2,1-4H3. The Morgan fingerprint density at radius 2 is 1.72 bits per heavy atom. The second-order valence-electron chi connectivity index (χ2n) is 6.91. The van der Waals surface area contributed by atoms with Crippen LogP contribution in [0.1, 0.15) is 40.0 Å². The Bertz CT molecular complexity index is 204. The van der Waals surface area contributed by atoms with Crippen LogP contribution in [0.25, 0.3) is 0 Å². The molecular formula is C15H33N3. The van der Waals surface area contributed by atoms with Gasteiger partial charge in [-0.05, 0) is 51.4 Å².